The maximum absolute atomic E-state index is 12.1. The number of aryl methyl sites for hydroxylation is 2. The Kier molecular flexibility index (Phi) is 3.73. The lowest BCUT2D eigenvalue weighted by Gasteiger charge is -2.07. The average molecular weight is 329 g/mol. The highest BCUT2D eigenvalue weighted by atomic mass is 79.9. The van der Waals surface area contributed by atoms with E-state index in [4.69, 9.17) is 11.6 Å². The van der Waals surface area contributed by atoms with Crippen molar-refractivity contribution >= 4 is 39.1 Å². The number of nitrogens with one attached hydrogen (secondary N) is 1. The lowest BCUT2D eigenvalue weighted by atomic mass is 10.2. The fourth-order valence-electron chi connectivity index (χ4n) is 1.61. The van der Waals surface area contributed by atoms with Crippen molar-refractivity contribution in [2.24, 2.45) is 7.05 Å². The van der Waals surface area contributed by atoms with E-state index in [9.17, 15) is 4.79 Å². The molecule has 6 heteroatoms. The topological polar surface area (TPSA) is 46.9 Å². The normalized spacial score (nSPS) is 10.4. The molecule has 0 aliphatic rings. The van der Waals surface area contributed by atoms with Crippen molar-refractivity contribution in [1.29, 1.82) is 0 Å². The number of amides is 1. The van der Waals surface area contributed by atoms with Crippen LogP contribution in [-0.2, 0) is 7.05 Å². The molecule has 1 heterocycles. The molecule has 0 saturated heterocycles. The van der Waals surface area contributed by atoms with Crippen molar-refractivity contribution in [3.63, 3.8) is 0 Å². The van der Waals surface area contributed by atoms with E-state index in [-0.39, 0.29) is 5.91 Å². The molecule has 1 amide bonds. The Bertz CT molecular complexity index is 609. The molecule has 0 unspecified atom stereocenters. The summed E-state index contributed by atoms with van der Waals surface area (Å²) in [5.74, 6) is -0.205. The molecular formula is C12H11BrClN3O. The van der Waals surface area contributed by atoms with Crippen molar-refractivity contribution in [3.05, 3.63) is 45.1 Å². The second-order valence-corrected chi connectivity index (χ2v) is 5.06. The molecule has 2 rings (SSSR count). The quantitative estimate of drug-likeness (QED) is 0.918. The third-order valence-corrected chi connectivity index (χ3v) is 3.86. The van der Waals surface area contributed by atoms with Gasteiger partial charge < -0.3 is 5.32 Å². The average Bonchev–Trinajstić information content (AvgIpc) is 2.64. The van der Waals surface area contributed by atoms with E-state index in [1.54, 1.807) is 43.0 Å². The Balaban J connectivity index is 2.27. The molecule has 0 saturated carbocycles. The first-order chi connectivity index (χ1) is 8.49. The van der Waals surface area contributed by atoms with E-state index < -0.39 is 0 Å². The van der Waals surface area contributed by atoms with E-state index in [0.29, 0.717) is 26.4 Å². The number of carbonyl (C=O) groups excluding carboxylic acids is 1. The van der Waals surface area contributed by atoms with Gasteiger partial charge in [0, 0.05) is 13.2 Å². The van der Waals surface area contributed by atoms with Crippen molar-refractivity contribution in [2.75, 3.05) is 5.32 Å². The molecule has 0 aliphatic carbocycles. The highest BCUT2D eigenvalue weighted by Crippen LogP contribution is 2.30. The van der Waals surface area contributed by atoms with Gasteiger partial charge in [-0.15, -0.1) is 0 Å². The number of nitrogens with zero attached hydrogens (tertiary/aromatic N) is 2. The van der Waals surface area contributed by atoms with Crippen molar-refractivity contribution in [3.8, 4) is 0 Å². The SMILES string of the molecule is Cc1nn(C)cc1C(=O)Nc1cccc(Cl)c1Br. The summed E-state index contributed by atoms with van der Waals surface area (Å²) < 4.78 is 2.28. The van der Waals surface area contributed by atoms with E-state index >= 15 is 0 Å². The van der Waals surface area contributed by atoms with Crippen LogP contribution in [0.1, 0.15) is 16.1 Å². The summed E-state index contributed by atoms with van der Waals surface area (Å²) in [6.07, 6.45) is 1.68. The van der Waals surface area contributed by atoms with Crippen LogP contribution < -0.4 is 5.32 Å². The number of anilines is 1. The van der Waals surface area contributed by atoms with Crippen LogP contribution in [0.3, 0.4) is 0 Å². The Labute approximate surface area is 118 Å². The minimum atomic E-state index is -0.205. The number of rotatable bonds is 2. The predicted molar refractivity (Wildman–Crippen MR) is 75.1 cm³/mol. The number of aromatic nitrogens is 2. The van der Waals surface area contributed by atoms with Gasteiger partial charge in [-0.2, -0.15) is 5.10 Å². The highest BCUT2D eigenvalue weighted by Gasteiger charge is 2.14. The lowest BCUT2D eigenvalue weighted by Crippen LogP contribution is -2.12. The third kappa shape index (κ3) is 2.57. The summed E-state index contributed by atoms with van der Waals surface area (Å²) in [5, 5.41) is 7.48. The van der Waals surface area contributed by atoms with Gasteiger partial charge in [0.25, 0.3) is 5.91 Å². The van der Waals surface area contributed by atoms with Gasteiger partial charge in [0.2, 0.25) is 0 Å². The monoisotopic (exact) mass is 327 g/mol. The van der Waals surface area contributed by atoms with Crippen molar-refractivity contribution < 1.29 is 4.79 Å². The summed E-state index contributed by atoms with van der Waals surface area (Å²) >= 11 is 9.30. The van der Waals surface area contributed by atoms with Crippen LogP contribution in [0.25, 0.3) is 0 Å². The van der Waals surface area contributed by atoms with E-state index in [1.807, 2.05) is 0 Å². The number of carbonyl (C=O) groups is 1. The van der Waals surface area contributed by atoms with E-state index in [1.165, 1.54) is 0 Å². The Morgan fingerprint density at radius 1 is 1.50 bits per heavy atom. The molecule has 0 bridgehead atoms. The van der Waals surface area contributed by atoms with E-state index in [2.05, 4.69) is 26.3 Å². The number of halogens is 2. The number of hydrogen-bond acceptors (Lipinski definition) is 2. The Morgan fingerprint density at radius 2 is 2.22 bits per heavy atom. The van der Waals surface area contributed by atoms with Gasteiger partial charge >= 0.3 is 0 Å². The Hall–Kier alpha value is -1.33. The summed E-state index contributed by atoms with van der Waals surface area (Å²) in [6.45, 7) is 1.79. The predicted octanol–water partition coefficient (Wildman–Crippen LogP) is 3.40. The Morgan fingerprint density at radius 3 is 2.83 bits per heavy atom. The maximum atomic E-state index is 12.1. The van der Waals surface area contributed by atoms with Gasteiger partial charge in [-0.3, -0.25) is 9.48 Å². The molecule has 0 aliphatic heterocycles. The van der Waals surface area contributed by atoms with Gasteiger partial charge in [0.05, 0.1) is 26.4 Å². The van der Waals surface area contributed by atoms with Crippen LogP contribution in [0, 0.1) is 6.92 Å². The smallest absolute Gasteiger partial charge is 0.259 e. The molecule has 1 N–H and O–H groups in total. The minimum absolute atomic E-state index is 0.205. The zero-order valence-electron chi connectivity index (χ0n) is 9.87. The fourth-order valence-corrected chi connectivity index (χ4v) is 2.15. The first-order valence-electron chi connectivity index (χ1n) is 5.24. The molecule has 0 spiro atoms. The lowest BCUT2D eigenvalue weighted by molar-refractivity contribution is 0.102. The zero-order valence-corrected chi connectivity index (χ0v) is 12.2. The molecule has 0 radical (unpaired) electrons. The van der Waals surface area contributed by atoms with Gasteiger partial charge in [0.1, 0.15) is 0 Å². The highest BCUT2D eigenvalue weighted by molar-refractivity contribution is 9.10. The first kappa shape index (κ1) is 13.1. The molecule has 1 aromatic heterocycles. The molecule has 18 heavy (non-hydrogen) atoms. The second-order valence-electron chi connectivity index (χ2n) is 3.86. The molecular weight excluding hydrogens is 318 g/mol. The molecule has 2 aromatic rings. The summed E-state index contributed by atoms with van der Waals surface area (Å²) in [5.41, 5.74) is 1.87. The van der Waals surface area contributed by atoms with E-state index in [0.717, 1.165) is 0 Å². The number of hydrogen-bond donors (Lipinski definition) is 1. The third-order valence-electron chi connectivity index (χ3n) is 2.46. The minimum Gasteiger partial charge on any atom is -0.321 e. The molecule has 4 nitrogen and oxygen atoms in total. The number of benzene rings is 1. The molecule has 94 valence electrons. The molecule has 1 aromatic carbocycles. The van der Waals surface area contributed by atoms with Crippen LogP contribution >= 0.6 is 27.5 Å². The van der Waals surface area contributed by atoms with Crippen LogP contribution in [0.15, 0.2) is 28.9 Å². The summed E-state index contributed by atoms with van der Waals surface area (Å²) in [7, 11) is 1.78. The first-order valence-corrected chi connectivity index (χ1v) is 6.41. The zero-order chi connectivity index (χ0) is 13.3. The maximum Gasteiger partial charge on any atom is 0.259 e. The van der Waals surface area contributed by atoms with Crippen LogP contribution in [0.2, 0.25) is 5.02 Å². The standard InChI is InChI=1S/C12H11BrClN3O/c1-7-8(6-17(2)16-7)12(18)15-10-5-3-4-9(14)11(10)13/h3-6H,1-2H3,(H,15,18). The largest absolute Gasteiger partial charge is 0.321 e. The summed E-state index contributed by atoms with van der Waals surface area (Å²) in [4.78, 5) is 12.1. The molecule has 0 fully saturated rings. The van der Waals surface area contributed by atoms with Crippen molar-refractivity contribution in [1.82, 2.24) is 9.78 Å². The van der Waals surface area contributed by atoms with Crippen LogP contribution in [0.4, 0.5) is 5.69 Å². The van der Waals surface area contributed by atoms with Crippen molar-refractivity contribution in [2.45, 2.75) is 6.92 Å². The van der Waals surface area contributed by atoms with Crippen LogP contribution in [-0.4, -0.2) is 15.7 Å². The van der Waals surface area contributed by atoms with Gasteiger partial charge in [-0.25, -0.2) is 0 Å². The molecule has 0 atom stereocenters. The fraction of sp³-hybridized carbons (Fsp3) is 0.167. The second kappa shape index (κ2) is 5.12. The van der Waals surface area contributed by atoms with Crippen LogP contribution in [0.5, 0.6) is 0 Å². The van der Waals surface area contributed by atoms with Gasteiger partial charge in [0.15, 0.2) is 0 Å². The summed E-state index contributed by atoms with van der Waals surface area (Å²) in [6, 6.07) is 5.30. The van der Waals surface area contributed by atoms with Gasteiger partial charge in [-0.05, 0) is 35.0 Å². The van der Waals surface area contributed by atoms with Gasteiger partial charge in [-0.1, -0.05) is 17.7 Å².